The van der Waals surface area contributed by atoms with Gasteiger partial charge in [-0.1, -0.05) is 13.8 Å². The predicted octanol–water partition coefficient (Wildman–Crippen LogP) is 2.18. The Bertz CT molecular complexity index is 442. The van der Waals surface area contributed by atoms with Crippen molar-refractivity contribution in [2.24, 2.45) is 11.8 Å². The second-order valence-electron chi connectivity index (χ2n) is 5.82. The van der Waals surface area contributed by atoms with Crippen LogP contribution >= 0.6 is 0 Å². The monoisotopic (exact) mass is 277 g/mol. The molecule has 20 heavy (non-hydrogen) atoms. The quantitative estimate of drug-likeness (QED) is 0.897. The Morgan fingerprint density at radius 1 is 1.40 bits per heavy atom. The lowest BCUT2D eigenvalue weighted by atomic mass is 10.1. The molecule has 0 saturated carbocycles. The van der Waals surface area contributed by atoms with Gasteiger partial charge in [0.1, 0.15) is 5.75 Å². The fraction of sp³-hybridized carbons (Fsp3) is 0.562. The van der Waals surface area contributed by atoms with E-state index in [2.05, 4.69) is 13.8 Å². The lowest BCUT2D eigenvalue weighted by Gasteiger charge is -2.16. The van der Waals surface area contributed by atoms with Crippen LogP contribution < -0.4 is 4.74 Å². The number of hydrogen-bond donors (Lipinski definition) is 1. The fourth-order valence-corrected chi connectivity index (χ4v) is 2.31. The standard InChI is InChI=1S/C16H23NO3/c1-12(2)11-20-15-5-3-14(4-6-15)16(19)17-8-7-13(9-17)10-18/h3-6,12-13,18H,7-11H2,1-2H3. The van der Waals surface area contributed by atoms with Crippen molar-refractivity contribution in [2.45, 2.75) is 20.3 Å². The van der Waals surface area contributed by atoms with Crippen molar-refractivity contribution in [1.82, 2.24) is 4.90 Å². The highest BCUT2D eigenvalue weighted by Crippen LogP contribution is 2.20. The minimum atomic E-state index is 0.0383. The first-order chi connectivity index (χ1) is 9.60. The van der Waals surface area contributed by atoms with Gasteiger partial charge in [0.15, 0.2) is 0 Å². The van der Waals surface area contributed by atoms with Gasteiger partial charge in [-0.05, 0) is 36.6 Å². The SMILES string of the molecule is CC(C)COc1ccc(C(=O)N2CCC(CO)C2)cc1. The molecule has 0 aliphatic carbocycles. The van der Waals surface area contributed by atoms with Crippen molar-refractivity contribution >= 4 is 5.91 Å². The number of aliphatic hydroxyl groups is 1. The molecule has 1 aliphatic rings. The van der Waals surface area contributed by atoms with Crippen LogP contribution in [0.3, 0.4) is 0 Å². The summed E-state index contributed by atoms with van der Waals surface area (Å²) < 4.78 is 5.60. The minimum Gasteiger partial charge on any atom is -0.493 e. The van der Waals surface area contributed by atoms with Gasteiger partial charge in [-0.2, -0.15) is 0 Å². The number of amides is 1. The molecule has 1 saturated heterocycles. The summed E-state index contributed by atoms with van der Waals surface area (Å²) in [5.74, 6) is 1.55. The molecular formula is C16H23NO3. The third-order valence-electron chi connectivity index (χ3n) is 3.52. The van der Waals surface area contributed by atoms with Crippen LogP contribution in [-0.4, -0.2) is 42.2 Å². The molecule has 1 heterocycles. The van der Waals surface area contributed by atoms with Crippen LogP contribution in [0.15, 0.2) is 24.3 Å². The van der Waals surface area contributed by atoms with Crippen LogP contribution in [0, 0.1) is 11.8 Å². The highest BCUT2D eigenvalue weighted by molar-refractivity contribution is 5.94. The van der Waals surface area contributed by atoms with E-state index < -0.39 is 0 Å². The fourth-order valence-electron chi connectivity index (χ4n) is 2.31. The smallest absolute Gasteiger partial charge is 0.253 e. The van der Waals surface area contributed by atoms with E-state index in [1.54, 1.807) is 0 Å². The van der Waals surface area contributed by atoms with Gasteiger partial charge in [0.05, 0.1) is 6.61 Å². The molecule has 1 aliphatic heterocycles. The van der Waals surface area contributed by atoms with E-state index >= 15 is 0 Å². The Morgan fingerprint density at radius 2 is 2.10 bits per heavy atom. The maximum atomic E-state index is 12.3. The summed E-state index contributed by atoms with van der Waals surface area (Å²) in [6.07, 6.45) is 0.887. The lowest BCUT2D eigenvalue weighted by Crippen LogP contribution is -2.29. The lowest BCUT2D eigenvalue weighted by molar-refractivity contribution is 0.0782. The van der Waals surface area contributed by atoms with E-state index in [1.165, 1.54) is 0 Å². The molecule has 4 heteroatoms. The number of carbonyl (C=O) groups is 1. The topological polar surface area (TPSA) is 49.8 Å². The summed E-state index contributed by atoms with van der Waals surface area (Å²) in [5.41, 5.74) is 0.681. The summed E-state index contributed by atoms with van der Waals surface area (Å²) in [4.78, 5) is 14.1. The molecule has 1 aromatic carbocycles. The zero-order chi connectivity index (χ0) is 14.5. The van der Waals surface area contributed by atoms with Crippen LogP contribution in [0.4, 0.5) is 0 Å². The van der Waals surface area contributed by atoms with E-state index in [1.807, 2.05) is 29.2 Å². The highest BCUT2D eigenvalue weighted by Gasteiger charge is 2.26. The van der Waals surface area contributed by atoms with Crippen LogP contribution in [0.25, 0.3) is 0 Å². The van der Waals surface area contributed by atoms with Crippen molar-refractivity contribution in [3.63, 3.8) is 0 Å². The van der Waals surface area contributed by atoms with E-state index in [0.29, 0.717) is 24.6 Å². The van der Waals surface area contributed by atoms with Crippen LogP contribution in [0.5, 0.6) is 5.75 Å². The number of carbonyl (C=O) groups excluding carboxylic acids is 1. The van der Waals surface area contributed by atoms with E-state index in [-0.39, 0.29) is 18.4 Å². The average molecular weight is 277 g/mol. The van der Waals surface area contributed by atoms with E-state index in [0.717, 1.165) is 18.7 Å². The molecule has 0 spiro atoms. The first-order valence-electron chi connectivity index (χ1n) is 7.23. The Balaban J connectivity index is 1.94. The van der Waals surface area contributed by atoms with Crippen molar-refractivity contribution in [3.05, 3.63) is 29.8 Å². The largest absolute Gasteiger partial charge is 0.493 e. The number of hydrogen-bond acceptors (Lipinski definition) is 3. The van der Waals surface area contributed by atoms with Crippen molar-refractivity contribution in [3.8, 4) is 5.75 Å². The first kappa shape index (κ1) is 14.9. The third kappa shape index (κ3) is 3.73. The van der Waals surface area contributed by atoms with Crippen LogP contribution in [0.2, 0.25) is 0 Å². The molecule has 1 atom stereocenters. The zero-order valence-corrected chi connectivity index (χ0v) is 12.2. The maximum Gasteiger partial charge on any atom is 0.253 e. The highest BCUT2D eigenvalue weighted by atomic mass is 16.5. The number of ether oxygens (including phenoxy) is 1. The molecule has 4 nitrogen and oxygen atoms in total. The van der Waals surface area contributed by atoms with Gasteiger partial charge < -0.3 is 14.7 Å². The van der Waals surface area contributed by atoms with E-state index in [9.17, 15) is 4.79 Å². The maximum absolute atomic E-state index is 12.3. The summed E-state index contributed by atoms with van der Waals surface area (Å²) in [7, 11) is 0. The summed E-state index contributed by atoms with van der Waals surface area (Å²) in [6.45, 7) is 6.42. The Labute approximate surface area is 120 Å². The van der Waals surface area contributed by atoms with Gasteiger partial charge in [0.2, 0.25) is 0 Å². The molecule has 1 aromatic rings. The summed E-state index contributed by atoms with van der Waals surface area (Å²) in [6, 6.07) is 7.30. The minimum absolute atomic E-state index is 0.0383. The molecule has 0 radical (unpaired) electrons. The third-order valence-corrected chi connectivity index (χ3v) is 3.52. The molecule has 1 unspecified atom stereocenters. The molecule has 0 aromatic heterocycles. The number of rotatable bonds is 5. The van der Waals surface area contributed by atoms with Gasteiger partial charge in [-0.3, -0.25) is 4.79 Å². The second kappa shape index (κ2) is 6.75. The van der Waals surface area contributed by atoms with Gasteiger partial charge in [0, 0.05) is 31.2 Å². The predicted molar refractivity (Wildman–Crippen MR) is 77.9 cm³/mol. The molecule has 1 fully saturated rings. The molecule has 1 N–H and O–H groups in total. The number of benzene rings is 1. The normalized spacial score (nSPS) is 18.6. The van der Waals surface area contributed by atoms with E-state index in [4.69, 9.17) is 9.84 Å². The Morgan fingerprint density at radius 3 is 2.65 bits per heavy atom. The number of likely N-dealkylation sites (tertiary alicyclic amines) is 1. The summed E-state index contributed by atoms with van der Waals surface area (Å²) >= 11 is 0. The molecule has 110 valence electrons. The van der Waals surface area contributed by atoms with Gasteiger partial charge in [-0.15, -0.1) is 0 Å². The van der Waals surface area contributed by atoms with Crippen molar-refractivity contribution in [1.29, 1.82) is 0 Å². The number of nitrogens with zero attached hydrogens (tertiary/aromatic N) is 1. The van der Waals surface area contributed by atoms with Crippen LogP contribution in [-0.2, 0) is 0 Å². The molecular weight excluding hydrogens is 254 g/mol. The average Bonchev–Trinajstić information content (AvgIpc) is 2.94. The van der Waals surface area contributed by atoms with Crippen molar-refractivity contribution in [2.75, 3.05) is 26.3 Å². The molecule has 1 amide bonds. The van der Waals surface area contributed by atoms with Gasteiger partial charge in [0.25, 0.3) is 5.91 Å². The Hall–Kier alpha value is -1.55. The zero-order valence-electron chi connectivity index (χ0n) is 12.2. The van der Waals surface area contributed by atoms with Gasteiger partial charge in [-0.25, -0.2) is 0 Å². The summed E-state index contributed by atoms with van der Waals surface area (Å²) in [5, 5.41) is 9.12. The Kier molecular flexibility index (Phi) is 5.01. The molecule has 0 bridgehead atoms. The first-order valence-corrected chi connectivity index (χ1v) is 7.23. The van der Waals surface area contributed by atoms with Crippen LogP contribution in [0.1, 0.15) is 30.6 Å². The second-order valence-corrected chi connectivity index (χ2v) is 5.82. The van der Waals surface area contributed by atoms with Gasteiger partial charge >= 0.3 is 0 Å². The number of aliphatic hydroxyl groups excluding tert-OH is 1. The molecule has 2 rings (SSSR count). The van der Waals surface area contributed by atoms with Crippen molar-refractivity contribution < 1.29 is 14.6 Å².